The van der Waals surface area contributed by atoms with Gasteiger partial charge in [-0.25, -0.2) is 4.39 Å². The van der Waals surface area contributed by atoms with Gasteiger partial charge in [-0.2, -0.15) is 0 Å². The average molecular weight is 414 g/mol. The van der Waals surface area contributed by atoms with Crippen molar-refractivity contribution in [1.29, 1.82) is 0 Å². The number of carbonyl (C=O) groups is 1. The Morgan fingerprint density at radius 3 is 2.48 bits per heavy atom. The molecule has 1 aliphatic rings. The standard InChI is InChI=1S/C22H21ClFN3O2/c23-16-2-6-19(7-3-16)26-9-11-27(12-10-26)21(28)8-5-18-13-15-1-4-17(24)14-20(15)22(29)25-18/h1-4,6-7,13-14H,5,8-12H2,(H,25,29). The molecule has 5 nitrogen and oxygen atoms in total. The molecule has 150 valence electrons. The number of H-pyrrole nitrogens is 1. The third-order valence-corrected chi connectivity index (χ3v) is 5.55. The van der Waals surface area contributed by atoms with Gasteiger partial charge in [-0.05, 0) is 54.3 Å². The van der Waals surface area contributed by atoms with E-state index in [2.05, 4.69) is 9.88 Å². The number of nitrogens with zero attached hydrogens (tertiary/aromatic N) is 2. The average Bonchev–Trinajstić information content (AvgIpc) is 2.73. The van der Waals surface area contributed by atoms with Crippen LogP contribution in [0.2, 0.25) is 5.02 Å². The summed E-state index contributed by atoms with van der Waals surface area (Å²) in [6.07, 6.45) is 0.766. The lowest BCUT2D eigenvalue weighted by Gasteiger charge is -2.36. The minimum Gasteiger partial charge on any atom is -0.368 e. The van der Waals surface area contributed by atoms with Crippen LogP contribution in [0.25, 0.3) is 10.8 Å². The van der Waals surface area contributed by atoms with Crippen molar-refractivity contribution in [2.24, 2.45) is 0 Å². The zero-order chi connectivity index (χ0) is 20.4. The molecule has 3 aromatic rings. The van der Waals surface area contributed by atoms with Crippen molar-refractivity contribution >= 4 is 34.0 Å². The van der Waals surface area contributed by atoms with Gasteiger partial charge in [0.05, 0.1) is 0 Å². The maximum Gasteiger partial charge on any atom is 0.256 e. The van der Waals surface area contributed by atoms with E-state index < -0.39 is 5.82 Å². The molecule has 1 aromatic heterocycles. The number of amides is 1. The smallest absolute Gasteiger partial charge is 0.256 e. The molecule has 0 radical (unpaired) electrons. The largest absolute Gasteiger partial charge is 0.368 e. The van der Waals surface area contributed by atoms with Crippen molar-refractivity contribution in [3.8, 4) is 0 Å². The van der Waals surface area contributed by atoms with Crippen molar-refractivity contribution in [2.75, 3.05) is 31.1 Å². The molecule has 1 aliphatic heterocycles. The fourth-order valence-corrected chi connectivity index (χ4v) is 3.81. The molecule has 4 rings (SSSR count). The highest BCUT2D eigenvalue weighted by Crippen LogP contribution is 2.20. The van der Waals surface area contributed by atoms with Gasteiger partial charge in [0.25, 0.3) is 5.56 Å². The van der Waals surface area contributed by atoms with Crippen LogP contribution in [0.1, 0.15) is 12.1 Å². The lowest BCUT2D eigenvalue weighted by molar-refractivity contribution is -0.131. The molecule has 0 aliphatic carbocycles. The molecule has 1 N–H and O–H groups in total. The zero-order valence-corrected chi connectivity index (χ0v) is 16.6. The quantitative estimate of drug-likeness (QED) is 0.711. The normalized spacial score (nSPS) is 14.4. The molecule has 1 saturated heterocycles. The molecular formula is C22H21ClFN3O2. The van der Waals surface area contributed by atoms with Gasteiger partial charge in [0.15, 0.2) is 0 Å². The molecule has 0 bridgehead atoms. The minimum atomic E-state index is -0.441. The number of aromatic amines is 1. The number of piperazine rings is 1. The van der Waals surface area contributed by atoms with Crippen LogP contribution in [0.15, 0.2) is 53.3 Å². The Kier molecular flexibility index (Phi) is 5.53. The van der Waals surface area contributed by atoms with Crippen LogP contribution in [0.3, 0.4) is 0 Å². The van der Waals surface area contributed by atoms with Crippen molar-refractivity contribution in [3.05, 3.63) is 75.4 Å². The van der Waals surface area contributed by atoms with Gasteiger partial charge >= 0.3 is 0 Å². The Bertz CT molecular complexity index is 1090. The van der Waals surface area contributed by atoms with Crippen LogP contribution >= 0.6 is 11.6 Å². The first-order valence-corrected chi connectivity index (χ1v) is 9.97. The number of nitrogens with one attached hydrogen (secondary N) is 1. The van der Waals surface area contributed by atoms with Gasteiger partial charge in [0.2, 0.25) is 5.91 Å². The lowest BCUT2D eigenvalue weighted by Crippen LogP contribution is -2.48. The van der Waals surface area contributed by atoms with Gasteiger partial charge < -0.3 is 14.8 Å². The predicted molar refractivity (Wildman–Crippen MR) is 113 cm³/mol. The highest BCUT2D eigenvalue weighted by Gasteiger charge is 2.21. The molecule has 7 heteroatoms. The van der Waals surface area contributed by atoms with E-state index >= 15 is 0 Å². The Labute approximate surface area is 172 Å². The summed E-state index contributed by atoms with van der Waals surface area (Å²) >= 11 is 5.94. The topological polar surface area (TPSA) is 56.4 Å². The van der Waals surface area contributed by atoms with Crippen molar-refractivity contribution in [3.63, 3.8) is 0 Å². The maximum atomic E-state index is 13.3. The number of aryl methyl sites for hydroxylation is 1. The second-order valence-electron chi connectivity index (χ2n) is 7.20. The van der Waals surface area contributed by atoms with Crippen LogP contribution in [0.4, 0.5) is 10.1 Å². The summed E-state index contributed by atoms with van der Waals surface area (Å²) in [7, 11) is 0. The fraction of sp³-hybridized carbons (Fsp3) is 0.273. The third-order valence-electron chi connectivity index (χ3n) is 5.30. The number of anilines is 1. The van der Waals surface area contributed by atoms with E-state index in [1.807, 2.05) is 35.2 Å². The molecule has 2 aromatic carbocycles. The highest BCUT2D eigenvalue weighted by molar-refractivity contribution is 6.30. The summed E-state index contributed by atoms with van der Waals surface area (Å²) in [5.74, 6) is -0.371. The number of benzene rings is 2. The third kappa shape index (κ3) is 4.43. The van der Waals surface area contributed by atoms with Gasteiger partial charge in [0, 0.05) is 54.4 Å². The van der Waals surface area contributed by atoms with Crippen LogP contribution in [-0.2, 0) is 11.2 Å². The second-order valence-corrected chi connectivity index (χ2v) is 7.64. The molecule has 29 heavy (non-hydrogen) atoms. The van der Waals surface area contributed by atoms with E-state index in [0.717, 1.165) is 18.8 Å². The number of hydrogen-bond acceptors (Lipinski definition) is 3. The monoisotopic (exact) mass is 413 g/mol. The number of aromatic nitrogens is 1. The number of pyridine rings is 1. The highest BCUT2D eigenvalue weighted by atomic mass is 35.5. The Hall–Kier alpha value is -2.86. The minimum absolute atomic E-state index is 0.0702. The number of fused-ring (bicyclic) bond motifs is 1. The van der Waals surface area contributed by atoms with Crippen molar-refractivity contribution < 1.29 is 9.18 Å². The second kappa shape index (κ2) is 8.25. The van der Waals surface area contributed by atoms with Gasteiger partial charge in [-0.1, -0.05) is 17.7 Å². The Balaban J connectivity index is 1.34. The zero-order valence-electron chi connectivity index (χ0n) is 15.8. The molecule has 0 spiro atoms. The Morgan fingerprint density at radius 2 is 1.76 bits per heavy atom. The number of hydrogen-bond donors (Lipinski definition) is 1. The SMILES string of the molecule is O=C(CCc1cc2ccc(F)cc2c(=O)[nH]1)N1CCN(c2ccc(Cl)cc2)CC1. The van der Waals surface area contributed by atoms with E-state index in [4.69, 9.17) is 11.6 Å². The van der Waals surface area contributed by atoms with Crippen LogP contribution in [0, 0.1) is 5.82 Å². The van der Waals surface area contributed by atoms with Crippen LogP contribution in [-0.4, -0.2) is 42.0 Å². The van der Waals surface area contributed by atoms with Crippen molar-refractivity contribution in [1.82, 2.24) is 9.88 Å². The fourth-order valence-electron chi connectivity index (χ4n) is 3.69. The maximum absolute atomic E-state index is 13.3. The summed E-state index contributed by atoms with van der Waals surface area (Å²) in [4.78, 5) is 31.6. The van der Waals surface area contributed by atoms with Gasteiger partial charge in [0.1, 0.15) is 5.82 Å². The van der Waals surface area contributed by atoms with Crippen molar-refractivity contribution in [2.45, 2.75) is 12.8 Å². The summed E-state index contributed by atoms with van der Waals surface area (Å²) in [6, 6.07) is 13.7. The molecule has 1 amide bonds. The van der Waals surface area contributed by atoms with Crippen LogP contribution < -0.4 is 10.5 Å². The van der Waals surface area contributed by atoms with Gasteiger partial charge in [-0.15, -0.1) is 0 Å². The van der Waals surface area contributed by atoms with E-state index in [-0.39, 0.29) is 11.5 Å². The summed E-state index contributed by atoms with van der Waals surface area (Å²) in [5.41, 5.74) is 1.45. The van der Waals surface area contributed by atoms with E-state index in [1.54, 1.807) is 6.07 Å². The van der Waals surface area contributed by atoms with E-state index in [0.29, 0.717) is 47.4 Å². The van der Waals surface area contributed by atoms with Crippen LogP contribution in [0.5, 0.6) is 0 Å². The summed E-state index contributed by atoms with van der Waals surface area (Å²) < 4.78 is 13.3. The summed E-state index contributed by atoms with van der Waals surface area (Å²) in [6.45, 7) is 2.86. The first kappa shape index (κ1) is 19.5. The molecule has 1 fully saturated rings. The number of halogens is 2. The van der Waals surface area contributed by atoms with E-state index in [1.165, 1.54) is 12.1 Å². The predicted octanol–water partition coefficient (Wildman–Crippen LogP) is 3.60. The summed E-state index contributed by atoms with van der Waals surface area (Å²) in [5, 5.41) is 1.70. The van der Waals surface area contributed by atoms with E-state index in [9.17, 15) is 14.0 Å². The number of carbonyl (C=O) groups excluding carboxylic acids is 1. The lowest BCUT2D eigenvalue weighted by atomic mass is 10.1. The van der Waals surface area contributed by atoms with Gasteiger partial charge in [-0.3, -0.25) is 9.59 Å². The number of rotatable bonds is 4. The molecule has 2 heterocycles. The molecule has 0 atom stereocenters. The molecule has 0 saturated carbocycles. The Morgan fingerprint density at radius 1 is 1.03 bits per heavy atom. The first-order valence-electron chi connectivity index (χ1n) is 9.59. The molecule has 0 unspecified atom stereocenters. The molecular weight excluding hydrogens is 393 g/mol. The first-order chi connectivity index (χ1) is 14.0.